The van der Waals surface area contributed by atoms with E-state index in [-0.39, 0.29) is 0 Å². The molecule has 0 atom stereocenters. The van der Waals surface area contributed by atoms with Crippen LogP contribution in [0.25, 0.3) is 0 Å². The van der Waals surface area contributed by atoms with E-state index in [1.807, 2.05) is 0 Å². The van der Waals surface area contributed by atoms with Gasteiger partial charge in [0, 0.05) is 6.26 Å². The molecular formula is C16H12F2N2O10S. The highest BCUT2D eigenvalue weighted by molar-refractivity contribution is 7.90. The van der Waals surface area contributed by atoms with Gasteiger partial charge >= 0.3 is 11.9 Å². The summed E-state index contributed by atoms with van der Waals surface area (Å²) in [6.45, 7) is 0. The van der Waals surface area contributed by atoms with Crippen molar-refractivity contribution in [1.82, 2.24) is 0 Å². The number of nitro benzene ring substituents is 2. The molecule has 31 heavy (non-hydrogen) atoms. The molecule has 0 radical (unpaired) electrons. The molecule has 0 spiro atoms. The van der Waals surface area contributed by atoms with Crippen LogP contribution in [0.4, 0.5) is 20.2 Å². The van der Waals surface area contributed by atoms with E-state index in [2.05, 4.69) is 4.74 Å². The van der Waals surface area contributed by atoms with Crippen LogP contribution in [-0.2, 0) is 14.6 Å². The Labute approximate surface area is 171 Å². The summed E-state index contributed by atoms with van der Waals surface area (Å²) in [7, 11) is -2.98. The van der Waals surface area contributed by atoms with Crippen LogP contribution in [0.5, 0.6) is 0 Å². The van der Waals surface area contributed by atoms with E-state index in [0.717, 1.165) is 25.5 Å². The lowest BCUT2D eigenvalue weighted by molar-refractivity contribution is -0.385. The standard InChI is InChI=1S/C9H8FNO6S.C7H4FNO4/c1-17-9(12)5-3-8(18(2,15)16)6(10)4-7(5)11(13)14;8-4-1-2-5(7(10)11)6(3-4)9(12)13/h3-4H,1-2H3;1-3H,(H,10,11). The highest BCUT2D eigenvalue weighted by Crippen LogP contribution is 2.26. The minimum atomic E-state index is -3.95. The van der Waals surface area contributed by atoms with Crippen LogP contribution in [0.2, 0.25) is 0 Å². The number of benzene rings is 2. The van der Waals surface area contributed by atoms with Gasteiger partial charge in [0.25, 0.3) is 11.4 Å². The molecule has 0 unspecified atom stereocenters. The molecule has 0 aliphatic heterocycles. The third kappa shape index (κ3) is 6.23. The lowest BCUT2D eigenvalue weighted by atomic mass is 10.2. The lowest BCUT2D eigenvalue weighted by Crippen LogP contribution is -2.10. The smallest absolute Gasteiger partial charge is 0.344 e. The van der Waals surface area contributed by atoms with Crippen molar-refractivity contribution in [3.05, 3.63) is 73.3 Å². The predicted molar refractivity (Wildman–Crippen MR) is 97.5 cm³/mol. The zero-order valence-corrected chi connectivity index (χ0v) is 16.4. The van der Waals surface area contributed by atoms with Gasteiger partial charge < -0.3 is 9.84 Å². The van der Waals surface area contributed by atoms with Crippen LogP contribution in [-0.4, -0.2) is 48.7 Å². The second-order valence-corrected chi connectivity index (χ2v) is 7.53. The molecule has 0 aromatic heterocycles. The van der Waals surface area contributed by atoms with Crippen LogP contribution < -0.4 is 0 Å². The van der Waals surface area contributed by atoms with Gasteiger partial charge in [0.2, 0.25) is 0 Å². The SMILES string of the molecule is COC(=O)c1cc(S(C)(=O)=O)c(F)cc1[N+](=O)[O-].O=C(O)c1ccc(F)cc1[N+](=O)[O-]. The van der Waals surface area contributed by atoms with E-state index in [1.165, 1.54) is 0 Å². The summed E-state index contributed by atoms with van der Waals surface area (Å²) in [4.78, 5) is 39.9. The Bertz CT molecular complexity index is 1180. The second-order valence-electron chi connectivity index (χ2n) is 5.54. The average molecular weight is 462 g/mol. The van der Waals surface area contributed by atoms with Gasteiger partial charge in [0.1, 0.15) is 27.7 Å². The Kier molecular flexibility index (Phi) is 7.80. The molecule has 12 nitrogen and oxygen atoms in total. The molecule has 0 saturated heterocycles. The fraction of sp³-hybridized carbons (Fsp3) is 0.125. The highest BCUT2D eigenvalue weighted by atomic mass is 32.2. The van der Waals surface area contributed by atoms with Gasteiger partial charge in [0.15, 0.2) is 9.84 Å². The van der Waals surface area contributed by atoms with Crippen molar-refractivity contribution < 1.29 is 46.5 Å². The third-order valence-corrected chi connectivity index (χ3v) is 4.55. The summed E-state index contributed by atoms with van der Waals surface area (Å²) in [6.07, 6.45) is 0.721. The number of carbonyl (C=O) groups is 2. The zero-order valence-electron chi connectivity index (χ0n) is 15.6. The summed E-state index contributed by atoms with van der Waals surface area (Å²) in [5, 5.41) is 29.4. The minimum Gasteiger partial charge on any atom is -0.477 e. The zero-order chi connectivity index (χ0) is 24.1. The number of hydrogen-bond donors (Lipinski definition) is 1. The number of halogens is 2. The van der Waals surface area contributed by atoms with Gasteiger partial charge in [-0.3, -0.25) is 20.2 Å². The van der Waals surface area contributed by atoms with Crippen molar-refractivity contribution in [3.63, 3.8) is 0 Å². The molecule has 1 N–H and O–H groups in total. The van der Waals surface area contributed by atoms with Crippen molar-refractivity contribution in [2.75, 3.05) is 13.4 Å². The monoisotopic (exact) mass is 462 g/mol. The van der Waals surface area contributed by atoms with Gasteiger partial charge in [0.05, 0.1) is 29.1 Å². The molecule has 2 rings (SSSR count). The molecule has 166 valence electrons. The number of nitrogens with zero attached hydrogens (tertiary/aromatic N) is 2. The summed E-state index contributed by atoms with van der Waals surface area (Å²) in [6, 6.07) is 3.26. The molecule has 0 heterocycles. The normalized spacial score (nSPS) is 10.5. The van der Waals surface area contributed by atoms with E-state index in [9.17, 15) is 47.0 Å². The molecule has 2 aromatic rings. The molecule has 2 aromatic carbocycles. The van der Waals surface area contributed by atoms with Crippen molar-refractivity contribution in [2.24, 2.45) is 0 Å². The molecule has 0 saturated carbocycles. The fourth-order valence-corrected chi connectivity index (χ4v) is 2.83. The number of ether oxygens (including phenoxy) is 1. The average Bonchev–Trinajstić information content (AvgIpc) is 2.66. The number of esters is 1. The van der Waals surface area contributed by atoms with Gasteiger partial charge in [-0.25, -0.2) is 26.8 Å². The van der Waals surface area contributed by atoms with Gasteiger partial charge in [-0.1, -0.05) is 0 Å². The van der Waals surface area contributed by atoms with Crippen molar-refractivity contribution >= 4 is 33.2 Å². The number of methoxy groups -OCH3 is 1. The van der Waals surface area contributed by atoms with Crippen LogP contribution >= 0.6 is 0 Å². The fourth-order valence-electron chi connectivity index (χ4n) is 2.09. The molecule has 15 heteroatoms. The van der Waals surface area contributed by atoms with E-state index in [4.69, 9.17) is 5.11 Å². The number of rotatable bonds is 5. The first kappa shape index (κ1) is 25.0. The summed E-state index contributed by atoms with van der Waals surface area (Å²) in [5.74, 6) is -4.70. The van der Waals surface area contributed by atoms with Crippen LogP contribution in [0, 0.1) is 31.9 Å². The molecular weight excluding hydrogens is 450 g/mol. The number of carbonyl (C=O) groups excluding carboxylic acids is 1. The topological polar surface area (TPSA) is 184 Å². The van der Waals surface area contributed by atoms with E-state index in [1.54, 1.807) is 0 Å². The summed E-state index contributed by atoms with van der Waals surface area (Å²) >= 11 is 0. The van der Waals surface area contributed by atoms with Crippen molar-refractivity contribution in [2.45, 2.75) is 4.90 Å². The number of carboxylic acid groups (broad SMARTS) is 1. The van der Waals surface area contributed by atoms with Gasteiger partial charge in [-0.15, -0.1) is 0 Å². The van der Waals surface area contributed by atoms with Crippen LogP contribution in [0.3, 0.4) is 0 Å². The maximum atomic E-state index is 13.4. The van der Waals surface area contributed by atoms with Gasteiger partial charge in [-0.2, -0.15) is 0 Å². The Balaban J connectivity index is 0.000000327. The first-order chi connectivity index (χ1) is 14.2. The molecule has 0 fully saturated rings. The first-order valence-corrected chi connectivity index (χ1v) is 9.53. The lowest BCUT2D eigenvalue weighted by Gasteiger charge is -2.05. The third-order valence-electron chi connectivity index (χ3n) is 3.44. The summed E-state index contributed by atoms with van der Waals surface area (Å²) < 4.78 is 52.6. The number of aromatic carboxylic acids is 1. The molecule has 0 amide bonds. The molecule has 0 aliphatic carbocycles. The van der Waals surface area contributed by atoms with E-state index in [0.29, 0.717) is 18.2 Å². The predicted octanol–water partition coefficient (Wildman–Crippen LogP) is 2.36. The van der Waals surface area contributed by atoms with Crippen molar-refractivity contribution in [1.29, 1.82) is 0 Å². The highest BCUT2D eigenvalue weighted by Gasteiger charge is 2.27. The minimum absolute atomic E-state index is 0.378. The van der Waals surface area contributed by atoms with Crippen LogP contribution in [0.1, 0.15) is 20.7 Å². The second kappa shape index (κ2) is 9.66. The van der Waals surface area contributed by atoms with E-state index >= 15 is 0 Å². The van der Waals surface area contributed by atoms with Gasteiger partial charge in [-0.05, 0) is 18.2 Å². The number of hydrogen-bond acceptors (Lipinski definition) is 9. The maximum Gasteiger partial charge on any atom is 0.344 e. The van der Waals surface area contributed by atoms with Crippen LogP contribution in [0.15, 0.2) is 35.2 Å². The Hall–Kier alpha value is -4.01. The molecule has 0 aliphatic rings. The quantitative estimate of drug-likeness (QED) is 0.393. The Morgan fingerprint density at radius 2 is 1.52 bits per heavy atom. The Morgan fingerprint density at radius 3 is 1.94 bits per heavy atom. The summed E-state index contributed by atoms with van der Waals surface area (Å²) in [5.41, 5.74) is -2.74. The van der Waals surface area contributed by atoms with E-state index < -0.39 is 70.7 Å². The van der Waals surface area contributed by atoms with Crippen molar-refractivity contribution in [3.8, 4) is 0 Å². The maximum absolute atomic E-state index is 13.4. The number of nitro groups is 2. The number of carboxylic acids is 1. The molecule has 0 bridgehead atoms. The first-order valence-electron chi connectivity index (χ1n) is 7.64. The Morgan fingerprint density at radius 1 is 1.00 bits per heavy atom. The largest absolute Gasteiger partial charge is 0.477 e. The number of sulfone groups is 1.